The number of hydrogen-bond donors (Lipinski definition) is 0. The second-order valence-corrected chi connectivity index (χ2v) is 14.3. The van der Waals surface area contributed by atoms with Gasteiger partial charge in [0.2, 0.25) is 0 Å². The van der Waals surface area contributed by atoms with E-state index in [1.807, 2.05) is 36.4 Å². The number of para-hydroxylation sites is 2. The minimum atomic E-state index is -0.124. The Kier molecular flexibility index (Phi) is 7.56. The second-order valence-electron chi connectivity index (χ2n) is 14.3. The molecule has 264 valence electrons. The van der Waals surface area contributed by atoms with Crippen molar-refractivity contribution in [3.05, 3.63) is 205 Å². The summed E-state index contributed by atoms with van der Waals surface area (Å²) in [6.07, 6.45) is 4.50. The molecule has 5 heteroatoms. The molecule has 7 aromatic carbocycles. The van der Waals surface area contributed by atoms with Gasteiger partial charge in [-0.3, -0.25) is 0 Å². The lowest BCUT2D eigenvalue weighted by molar-refractivity contribution is 0.224. The molecule has 11 rings (SSSR count). The molecule has 2 unspecified atom stereocenters. The van der Waals surface area contributed by atoms with E-state index in [4.69, 9.17) is 19.7 Å². The summed E-state index contributed by atoms with van der Waals surface area (Å²) in [7, 11) is 0. The molecule has 5 nitrogen and oxygen atoms in total. The fourth-order valence-electron chi connectivity index (χ4n) is 8.46. The fraction of sp³-hybridized carbons (Fsp3) is 0.0392. The van der Waals surface area contributed by atoms with Crippen LogP contribution in [0.4, 0.5) is 0 Å². The van der Waals surface area contributed by atoms with Crippen LogP contribution in [0, 0.1) is 0 Å². The predicted molar refractivity (Wildman–Crippen MR) is 225 cm³/mol. The molecule has 1 aliphatic heterocycles. The summed E-state index contributed by atoms with van der Waals surface area (Å²) in [5.41, 5.74) is 13.3. The van der Waals surface area contributed by atoms with E-state index in [0.29, 0.717) is 17.5 Å². The highest BCUT2D eigenvalue weighted by Gasteiger charge is 2.41. The first-order valence-corrected chi connectivity index (χ1v) is 19.0. The van der Waals surface area contributed by atoms with E-state index in [1.165, 1.54) is 33.3 Å². The minimum Gasteiger partial charge on any atom is -0.484 e. The average molecular weight is 719 g/mol. The smallest absolute Gasteiger partial charge is 0.164 e. The fourth-order valence-corrected chi connectivity index (χ4v) is 8.46. The zero-order chi connectivity index (χ0) is 37.0. The van der Waals surface area contributed by atoms with Gasteiger partial charge in [0, 0.05) is 44.8 Å². The lowest BCUT2D eigenvalue weighted by Gasteiger charge is -2.23. The first-order valence-electron chi connectivity index (χ1n) is 19.0. The molecule has 3 heterocycles. The first kappa shape index (κ1) is 32.1. The van der Waals surface area contributed by atoms with E-state index in [0.717, 1.165) is 44.8 Å². The van der Waals surface area contributed by atoms with Gasteiger partial charge in [-0.2, -0.15) is 0 Å². The van der Waals surface area contributed by atoms with Crippen molar-refractivity contribution in [1.82, 2.24) is 19.5 Å². The van der Waals surface area contributed by atoms with Gasteiger partial charge in [-0.1, -0.05) is 158 Å². The van der Waals surface area contributed by atoms with Crippen molar-refractivity contribution in [1.29, 1.82) is 0 Å². The van der Waals surface area contributed by atoms with Gasteiger partial charge in [-0.25, -0.2) is 15.0 Å². The highest BCUT2D eigenvalue weighted by atomic mass is 16.5. The Labute approximate surface area is 324 Å². The number of nitrogens with zero attached hydrogens (tertiary/aromatic N) is 4. The Bertz CT molecular complexity index is 2940. The SMILES string of the molecule is C1=CC2c3c(cccc3-c3ccc(-c4nc(-c5ccccc5)nc(-c5cccc(-c6ccccc6)c5)n4)cc3)OC2c2c1n(-c1ccccc1)c1ccccc21. The Hall–Kier alpha value is -7.37. The van der Waals surface area contributed by atoms with Gasteiger partial charge in [0.15, 0.2) is 17.5 Å². The van der Waals surface area contributed by atoms with Crippen molar-refractivity contribution < 1.29 is 4.74 Å². The lowest BCUT2D eigenvalue weighted by atomic mass is 9.82. The Balaban J connectivity index is 0.971. The molecular formula is C51H34N4O. The molecule has 0 saturated heterocycles. The molecule has 9 aromatic rings. The van der Waals surface area contributed by atoms with Crippen LogP contribution in [-0.4, -0.2) is 19.5 Å². The highest BCUT2D eigenvalue weighted by Crippen LogP contribution is 2.55. The average Bonchev–Trinajstić information content (AvgIpc) is 3.83. The normalized spacial score (nSPS) is 15.2. The van der Waals surface area contributed by atoms with Crippen LogP contribution in [0.3, 0.4) is 0 Å². The molecule has 0 amide bonds. The number of aromatic nitrogens is 4. The van der Waals surface area contributed by atoms with E-state index >= 15 is 0 Å². The van der Waals surface area contributed by atoms with E-state index < -0.39 is 0 Å². The molecule has 0 saturated carbocycles. The van der Waals surface area contributed by atoms with Crippen LogP contribution in [0.5, 0.6) is 5.75 Å². The quantitative estimate of drug-likeness (QED) is 0.172. The number of ether oxygens (including phenoxy) is 1. The van der Waals surface area contributed by atoms with Crippen molar-refractivity contribution in [3.63, 3.8) is 0 Å². The molecule has 1 aliphatic carbocycles. The standard InChI is InChI=1S/C51H34N4O/c1-4-14-33(15-5-1)37-18-12-19-38(32-37)51-53-49(35-16-6-2-7-17-35)52-50(54-51)36-28-26-34(27-29-36)40-23-13-25-45-46(40)42-30-31-44-47(48(42)56-45)41-22-10-11-24-43(41)55(44)39-20-8-3-9-21-39/h1-32,42,48H. The predicted octanol–water partition coefficient (Wildman–Crippen LogP) is 12.4. The summed E-state index contributed by atoms with van der Waals surface area (Å²) in [4.78, 5) is 15.1. The molecule has 2 aromatic heterocycles. The van der Waals surface area contributed by atoms with Crippen LogP contribution in [0.25, 0.3) is 79.1 Å². The van der Waals surface area contributed by atoms with Crippen molar-refractivity contribution in [2.24, 2.45) is 0 Å². The monoisotopic (exact) mass is 718 g/mol. The number of hydrogen-bond acceptors (Lipinski definition) is 4. The minimum absolute atomic E-state index is 0.0783. The third kappa shape index (κ3) is 5.36. The maximum absolute atomic E-state index is 6.91. The molecule has 0 spiro atoms. The van der Waals surface area contributed by atoms with E-state index in [2.05, 4.69) is 162 Å². The molecule has 0 N–H and O–H groups in total. The number of benzene rings is 7. The van der Waals surface area contributed by atoms with Gasteiger partial charge in [-0.05, 0) is 58.7 Å². The van der Waals surface area contributed by atoms with E-state index in [1.54, 1.807) is 0 Å². The summed E-state index contributed by atoms with van der Waals surface area (Å²) in [5, 5.41) is 1.22. The Morgan fingerprint density at radius 3 is 1.77 bits per heavy atom. The molecule has 2 atom stereocenters. The molecular weight excluding hydrogens is 685 g/mol. The lowest BCUT2D eigenvalue weighted by Crippen LogP contribution is -2.13. The van der Waals surface area contributed by atoms with Crippen molar-refractivity contribution >= 4 is 17.0 Å². The van der Waals surface area contributed by atoms with Crippen molar-refractivity contribution in [3.8, 4) is 67.9 Å². The maximum atomic E-state index is 6.91. The van der Waals surface area contributed by atoms with Crippen LogP contribution >= 0.6 is 0 Å². The van der Waals surface area contributed by atoms with Crippen LogP contribution in [0.15, 0.2) is 188 Å². The summed E-state index contributed by atoms with van der Waals surface area (Å²) < 4.78 is 9.27. The van der Waals surface area contributed by atoms with Crippen LogP contribution < -0.4 is 4.74 Å². The highest BCUT2D eigenvalue weighted by molar-refractivity contribution is 5.92. The van der Waals surface area contributed by atoms with Gasteiger partial charge < -0.3 is 9.30 Å². The second kappa shape index (κ2) is 13.2. The van der Waals surface area contributed by atoms with Crippen molar-refractivity contribution in [2.75, 3.05) is 0 Å². The first-order chi connectivity index (χ1) is 27.8. The van der Waals surface area contributed by atoms with Gasteiger partial charge in [0.05, 0.1) is 11.2 Å². The summed E-state index contributed by atoms with van der Waals surface area (Å²) in [5.74, 6) is 2.92. The number of rotatable bonds is 6. The zero-order valence-electron chi connectivity index (χ0n) is 30.3. The third-order valence-corrected chi connectivity index (χ3v) is 11.0. The van der Waals surface area contributed by atoms with Gasteiger partial charge in [-0.15, -0.1) is 0 Å². The summed E-state index contributed by atoms with van der Waals surface area (Å²) >= 11 is 0. The molecule has 2 aliphatic rings. The summed E-state index contributed by atoms with van der Waals surface area (Å²) in [6.45, 7) is 0. The van der Waals surface area contributed by atoms with Crippen LogP contribution in [-0.2, 0) is 0 Å². The number of fused-ring (bicyclic) bond motifs is 7. The Morgan fingerprint density at radius 1 is 0.446 bits per heavy atom. The molecule has 0 radical (unpaired) electrons. The molecule has 0 bridgehead atoms. The third-order valence-electron chi connectivity index (χ3n) is 11.0. The largest absolute Gasteiger partial charge is 0.484 e. The maximum Gasteiger partial charge on any atom is 0.164 e. The van der Waals surface area contributed by atoms with Crippen LogP contribution in [0.1, 0.15) is 28.8 Å². The zero-order valence-corrected chi connectivity index (χ0v) is 30.3. The Morgan fingerprint density at radius 2 is 1.02 bits per heavy atom. The molecule has 56 heavy (non-hydrogen) atoms. The van der Waals surface area contributed by atoms with Gasteiger partial charge in [0.25, 0.3) is 0 Å². The van der Waals surface area contributed by atoms with E-state index in [-0.39, 0.29) is 12.0 Å². The van der Waals surface area contributed by atoms with Gasteiger partial charge >= 0.3 is 0 Å². The van der Waals surface area contributed by atoms with Crippen LogP contribution in [0.2, 0.25) is 0 Å². The molecule has 0 fully saturated rings. The summed E-state index contributed by atoms with van der Waals surface area (Å²) in [6, 6.07) is 63.2. The van der Waals surface area contributed by atoms with Crippen molar-refractivity contribution in [2.45, 2.75) is 12.0 Å². The van der Waals surface area contributed by atoms with Gasteiger partial charge in [0.1, 0.15) is 11.9 Å². The topological polar surface area (TPSA) is 52.8 Å². The van der Waals surface area contributed by atoms with E-state index in [9.17, 15) is 0 Å².